The summed E-state index contributed by atoms with van der Waals surface area (Å²) >= 11 is 0. The maximum atomic E-state index is 12.1. The van der Waals surface area contributed by atoms with Gasteiger partial charge in [-0.1, -0.05) is 186 Å². The minimum absolute atomic E-state index is 0.168. The van der Waals surface area contributed by atoms with Gasteiger partial charge in [0, 0.05) is 13.0 Å². The summed E-state index contributed by atoms with van der Waals surface area (Å²) in [5, 5.41) is 9.53. The molecule has 46 heavy (non-hydrogen) atoms. The van der Waals surface area contributed by atoms with Gasteiger partial charge in [-0.25, -0.2) is 0 Å². The van der Waals surface area contributed by atoms with Crippen LogP contribution in [0.4, 0.5) is 0 Å². The third-order valence-corrected chi connectivity index (χ3v) is 9.03. The van der Waals surface area contributed by atoms with E-state index >= 15 is 0 Å². The van der Waals surface area contributed by atoms with E-state index in [1.54, 1.807) is 0 Å². The molecule has 4 nitrogen and oxygen atoms in total. The molecule has 1 N–H and O–H groups in total. The number of carbonyl (C=O) groups excluding carboxylic acids is 1. The van der Waals surface area contributed by atoms with Crippen LogP contribution in [0.2, 0.25) is 0 Å². The standard InChI is InChI=1S/C42H80O4/c1-3-5-7-9-11-13-14-15-16-17-18-19-20-21-22-23-24-25-26-27-28-29-30-32-34-36-38-45-40-41(39-43)46-42(44)37-35-33-31-12-10-8-6-4-2/h14-15,17-18,41,43H,3-13,16,19-40H2,1-2H3/b15-14-,18-17-. The number of aliphatic hydroxyl groups is 1. The molecule has 0 radical (unpaired) electrons. The second-order valence-corrected chi connectivity index (χ2v) is 13.7. The molecule has 1 unspecified atom stereocenters. The number of hydrogen-bond donors (Lipinski definition) is 1. The van der Waals surface area contributed by atoms with E-state index in [-0.39, 0.29) is 12.6 Å². The van der Waals surface area contributed by atoms with Crippen molar-refractivity contribution in [1.82, 2.24) is 0 Å². The summed E-state index contributed by atoms with van der Waals surface area (Å²) in [7, 11) is 0. The number of hydrogen-bond acceptors (Lipinski definition) is 4. The Balaban J connectivity index is 3.34. The quantitative estimate of drug-likeness (QED) is 0.0411. The topological polar surface area (TPSA) is 55.8 Å². The van der Waals surface area contributed by atoms with E-state index < -0.39 is 6.10 Å². The molecule has 0 amide bonds. The fourth-order valence-electron chi connectivity index (χ4n) is 5.95. The lowest BCUT2D eigenvalue weighted by Crippen LogP contribution is -2.27. The van der Waals surface area contributed by atoms with Crippen molar-refractivity contribution in [1.29, 1.82) is 0 Å². The van der Waals surface area contributed by atoms with Crippen LogP contribution in [-0.2, 0) is 14.3 Å². The summed E-state index contributed by atoms with van der Waals surface area (Å²) in [6.07, 6.45) is 48.2. The van der Waals surface area contributed by atoms with Gasteiger partial charge >= 0.3 is 5.97 Å². The molecule has 0 saturated carbocycles. The van der Waals surface area contributed by atoms with Gasteiger partial charge in [0.15, 0.2) is 0 Å². The molecule has 0 aromatic heterocycles. The Bertz CT molecular complexity index is 644. The first-order valence-electron chi connectivity index (χ1n) is 20.4. The lowest BCUT2D eigenvalue weighted by atomic mass is 10.0. The van der Waals surface area contributed by atoms with Gasteiger partial charge in [0.25, 0.3) is 0 Å². The van der Waals surface area contributed by atoms with E-state index in [4.69, 9.17) is 9.47 Å². The van der Waals surface area contributed by atoms with Gasteiger partial charge in [-0.15, -0.1) is 0 Å². The summed E-state index contributed by atoms with van der Waals surface area (Å²) in [6, 6.07) is 0. The van der Waals surface area contributed by atoms with Gasteiger partial charge in [-0.3, -0.25) is 4.79 Å². The Morgan fingerprint density at radius 1 is 0.522 bits per heavy atom. The molecule has 0 saturated heterocycles. The van der Waals surface area contributed by atoms with E-state index in [2.05, 4.69) is 38.2 Å². The molecule has 0 rings (SSSR count). The van der Waals surface area contributed by atoms with Gasteiger partial charge in [0.05, 0.1) is 13.2 Å². The Kier molecular flexibility index (Phi) is 39.1. The van der Waals surface area contributed by atoms with Crippen LogP contribution < -0.4 is 0 Å². The van der Waals surface area contributed by atoms with E-state index in [0.717, 1.165) is 25.7 Å². The minimum Gasteiger partial charge on any atom is -0.457 e. The zero-order chi connectivity index (χ0) is 33.4. The summed E-state index contributed by atoms with van der Waals surface area (Å²) in [6.45, 7) is 5.33. The lowest BCUT2D eigenvalue weighted by molar-refractivity contribution is -0.154. The predicted molar refractivity (Wildman–Crippen MR) is 201 cm³/mol. The Hall–Kier alpha value is -1.13. The number of aliphatic hydroxyl groups excluding tert-OH is 1. The van der Waals surface area contributed by atoms with Crippen molar-refractivity contribution in [3.63, 3.8) is 0 Å². The molecule has 0 aliphatic rings. The number of rotatable bonds is 38. The van der Waals surface area contributed by atoms with E-state index in [0.29, 0.717) is 19.6 Å². The summed E-state index contributed by atoms with van der Waals surface area (Å²) in [4.78, 5) is 12.1. The molecule has 0 aromatic rings. The first-order chi connectivity index (χ1) is 22.7. The predicted octanol–water partition coefficient (Wildman–Crippen LogP) is 13.2. The van der Waals surface area contributed by atoms with Gasteiger partial charge in [-0.2, -0.15) is 0 Å². The molecular formula is C42H80O4. The number of ether oxygens (including phenoxy) is 2. The van der Waals surface area contributed by atoms with Crippen molar-refractivity contribution in [3.05, 3.63) is 24.3 Å². The third kappa shape index (κ3) is 37.3. The first-order valence-corrected chi connectivity index (χ1v) is 20.4. The fourth-order valence-corrected chi connectivity index (χ4v) is 5.95. The van der Waals surface area contributed by atoms with Crippen molar-refractivity contribution < 1.29 is 19.4 Å². The van der Waals surface area contributed by atoms with Crippen LogP contribution in [0.3, 0.4) is 0 Å². The minimum atomic E-state index is -0.527. The Morgan fingerprint density at radius 2 is 0.913 bits per heavy atom. The number of allylic oxidation sites excluding steroid dienone is 4. The average molecular weight is 649 g/mol. The second kappa shape index (κ2) is 40.0. The van der Waals surface area contributed by atoms with Crippen molar-refractivity contribution in [3.8, 4) is 0 Å². The van der Waals surface area contributed by atoms with Crippen molar-refractivity contribution in [2.45, 2.75) is 219 Å². The highest BCUT2D eigenvalue weighted by atomic mass is 16.6. The van der Waals surface area contributed by atoms with Crippen molar-refractivity contribution in [2.24, 2.45) is 0 Å². The van der Waals surface area contributed by atoms with Gasteiger partial charge < -0.3 is 14.6 Å². The van der Waals surface area contributed by atoms with Gasteiger partial charge in [-0.05, 0) is 44.9 Å². The summed E-state index contributed by atoms with van der Waals surface area (Å²) < 4.78 is 11.1. The van der Waals surface area contributed by atoms with Crippen LogP contribution in [-0.4, -0.2) is 37.0 Å². The third-order valence-electron chi connectivity index (χ3n) is 9.03. The average Bonchev–Trinajstić information content (AvgIpc) is 3.06. The van der Waals surface area contributed by atoms with Crippen LogP contribution in [0.1, 0.15) is 213 Å². The molecule has 4 heteroatoms. The summed E-state index contributed by atoms with van der Waals surface area (Å²) in [5.41, 5.74) is 0. The van der Waals surface area contributed by atoms with E-state index in [1.165, 1.54) is 167 Å². The largest absolute Gasteiger partial charge is 0.457 e. The Labute approximate surface area is 288 Å². The van der Waals surface area contributed by atoms with Crippen LogP contribution in [0.25, 0.3) is 0 Å². The molecule has 0 fully saturated rings. The molecule has 0 spiro atoms. The number of carbonyl (C=O) groups is 1. The SMILES string of the molecule is CCCCCCC/C=C\C/C=C\CCCCCCCCCCCCCCCCOCC(CO)OC(=O)CCCCCCCCCC. The highest BCUT2D eigenvalue weighted by Crippen LogP contribution is 2.14. The fraction of sp³-hybridized carbons (Fsp3) is 0.881. The molecule has 0 bridgehead atoms. The Morgan fingerprint density at radius 3 is 1.35 bits per heavy atom. The van der Waals surface area contributed by atoms with Gasteiger partial charge in [0.2, 0.25) is 0 Å². The maximum Gasteiger partial charge on any atom is 0.306 e. The number of esters is 1. The van der Waals surface area contributed by atoms with E-state index in [9.17, 15) is 9.90 Å². The smallest absolute Gasteiger partial charge is 0.306 e. The second-order valence-electron chi connectivity index (χ2n) is 13.7. The molecule has 272 valence electrons. The van der Waals surface area contributed by atoms with Crippen LogP contribution in [0, 0.1) is 0 Å². The van der Waals surface area contributed by atoms with Crippen molar-refractivity contribution in [2.75, 3.05) is 19.8 Å². The molecule has 1 atom stereocenters. The molecular weight excluding hydrogens is 568 g/mol. The highest BCUT2D eigenvalue weighted by molar-refractivity contribution is 5.69. The zero-order valence-electron chi connectivity index (χ0n) is 31.1. The van der Waals surface area contributed by atoms with Crippen molar-refractivity contribution >= 4 is 5.97 Å². The molecule has 0 heterocycles. The first kappa shape index (κ1) is 44.9. The molecule has 0 aliphatic carbocycles. The van der Waals surface area contributed by atoms with Crippen LogP contribution in [0.15, 0.2) is 24.3 Å². The molecule has 0 aliphatic heterocycles. The zero-order valence-corrected chi connectivity index (χ0v) is 31.1. The lowest BCUT2D eigenvalue weighted by Gasteiger charge is -2.16. The van der Waals surface area contributed by atoms with E-state index in [1.807, 2.05) is 0 Å². The molecule has 0 aromatic carbocycles. The highest BCUT2D eigenvalue weighted by Gasteiger charge is 2.13. The maximum absolute atomic E-state index is 12.1. The van der Waals surface area contributed by atoms with Crippen LogP contribution >= 0.6 is 0 Å². The normalized spacial score (nSPS) is 12.5. The summed E-state index contributed by atoms with van der Waals surface area (Å²) in [5.74, 6) is -0.204. The van der Waals surface area contributed by atoms with Crippen LogP contribution in [0.5, 0.6) is 0 Å². The monoisotopic (exact) mass is 649 g/mol. The number of unbranched alkanes of at least 4 members (excludes halogenated alkanes) is 26. The van der Waals surface area contributed by atoms with Gasteiger partial charge in [0.1, 0.15) is 6.10 Å².